The Kier molecular flexibility index (Phi) is 6.34. The van der Waals surface area contributed by atoms with Crippen LogP contribution in [0.5, 0.6) is 5.75 Å². The topological polar surface area (TPSA) is 67.8 Å². The predicted molar refractivity (Wildman–Crippen MR) is 99.4 cm³/mol. The molecule has 0 radical (unpaired) electrons. The summed E-state index contributed by atoms with van der Waals surface area (Å²) in [6.45, 7) is -0.0705. The molecule has 3 rings (SSSR count). The maximum atomic E-state index is 12.9. The first-order valence-electron chi connectivity index (χ1n) is 8.62. The molecule has 1 heterocycles. The van der Waals surface area contributed by atoms with E-state index >= 15 is 0 Å². The molecule has 5 nitrogen and oxygen atoms in total. The summed E-state index contributed by atoms with van der Waals surface area (Å²) in [4.78, 5) is 16.1. The molecule has 0 aliphatic carbocycles. The summed E-state index contributed by atoms with van der Waals surface area (Å²) >= 11 is 5.61. The van der Waals surface area contributed by atoms with Gasteiger partial charge in [0.25, 0.3) is 0 Å². The van der Waals surface area contributed by atoms with E-state index in [9.17, 15) is 18.0 Å². The number of hydrogen-bond donors (Lipinski definition) is 2. The minimum Gasteiger partial charge on any atom is -0.489 e. The minimum absolute atomic E-state index is 0.0705. The van der Waals surface area contributed by atoms with Crippen LogP contribution in [0.3, 0.4) is 0 Å². The third-order valence-electron chi connectivity index (χ3n) is 4.44. The highest BCUT2D eigenvalue weighted by molar-refractivity contribution is 6.31. The van der Waals surface area contributed by atoms with Crippen LogP contribution in [0.2, 0.25) is 5.02 Å². The number of carbonyl (C=O) groups is 1. The molecular formula is C20H17ClF3NO4. The predicted octanol–water partition coefficient (Wildman–Crippen LogP) is 4.91. The van der Waals surface area contributed by atoms with Gasteiger partial charge in [-0.1, -0.05) is 29.8 Å². The Balaban J connectivity index is 1.69. The second-order valence-corrected chi connectivity index (χ2v) is 6.87. The van der Waals surface area contributed by atoms with Crippen molar-refractivity contribution in [2.45, 2.75) is 31.2 Å². The third kappa shape index (κ3) is 5.42. The maximum absolute atomic E-state index is 12.9. The number of aliphatic carboxylic acids is 1. The summed E-state index contributed by atoms with van der Waals surface area (Å²) in [5.74, 6) is -0.857. The van der Waals surface area contributed by atoms with Crippen molar-refractivity contribution in [2.75, 3.05) is 0 Å². The van der Waals surface area contributed by atoms with Gasteiger partial charge in [-0.05, 0) is 41.5 Å². The van der Waals surface area contributed by atoms with E-state index in [2.05, 4.69) is 5.48 Å². The molecule has 0 amide bonds. The van der Waals surface area contributed by atoms with E-state index in [-0.39, 0.29) is 30.0 Å². The van der Waals surface area contributed by atoms with Gasteiger partial charge < -0.3 is 14.7 Å². The molecule has 1 aliphatic heterocycles. The van der Waals surface area contributed by atoms with E-state index in [0.717, 1.165) is 11.6 Å². The van der Waals surface area contributed by atoms with Gasteiger partial charge in [0.05, 0.1) is 23.0 Å². The van der Waals surface area contributed by atoms with E-state index in [0.29, 0.717) is 11.3 Å². The van der Waals surface area contributed by atoms with Crippen LogP contribution in [0.25, 0.3) is 0 Å². The molecule has 154 valence electrons. The van der Waals surface area contributed by atoms with E-state index < -0.39 is 17.7 Å². The monoisotopic (exact) mass is 427 g/mol. The fraction of sp³-hybridized carbons (Fsp3) is 0.250. The van der Waals surface area contributed by atoms with Gasteiger partial charge in [0.2, 0.25) is 0 Å². The van der Waals surface area contributed by atoms with Crippen LogP contribution in [0.1, 0.15) is 29.0 Å². The Morgan fingerprint density at radius 2 is 1.97 bits per heavy atom. The van der Waals surface area contributed by atoms with Gasteiger partial charge in [-0.2, -0.15) is 13.2 Å². The highest BCUT2D eigenvalue weighted by atomic mass is 35.5. The molecule has 0 saturated heterocycles. The number of benzene rings is 2. The molecule has 2 N–H and O–H groups in total. The summed E-state index contributed by atoms with van der Waals surface area (Å²) in [6, 6.07) is 10.1. The second-order valence-electron chi connectivity index (χ2n) is 6.46. The van der Waals surface area contributed by atoms with Crippen molar-refractivity contribution in [3.8, 4) is 5.75 Å². The molecule has 2 aromatic rings. The van der Waals surface area contributed by atoms with Crippen molar-refractivity contribution >= 4 is 17.6 Å². The van der Waals surface area contributed by atoms with Crippen LogP contribution in [-0.4, -0.2) is 17.1 Å². The van der Waals surface area contributed by atoms with Crippen LogP contribution in [-0.2, 0) is 22.4 Å². The number of hydrogen-bond acceptors (Lipinski definition) is 4. The Morgan fingerprint density at radius 3 is 2.55 bits per heavy atom. The van der Waals surface area contributed by atoms with Crippen molar-refractivity contribution < 1.29 is 32.6 Å². The molecule has 9 heteroatoms. The second kappa shape index (κ2) is 8.75. The molecule has 0 fully saturated rings. The Hall–Kier alpha value is -2.71. The molecule has 0 aromatic heterocycles. The maximum Gasteiger partial charge on any atom is 0.417 e. The fourth-order valence-corrected chi connectivity index (χ4v) is 3.22. The van der Waals surface area contributed by atoms with Gasteiger partial charge in [0.15, 0.2) is 0 Å². The Labute approximate surface area is 169 Å². The van der Waals surface area contributed by atoms with E-state index in [1.54, 1.807) is 30.3 Å². The number of ether oxygens (including phenoxy) is 1. The van der Waals surface area contributed by atoms with Gasteiger partial charge in [-0.15, -0.1) is 5.48 Å². The number of halogens is 4. The molecule has 1 aliphatic rings. The first kappa shape index (κ1) is 21.0. The summed E-state index contributed by atoms with van der Waals surface area (Å²) in [6.07, 6.45) is -1.45. The Morgan fingerprint density at radius 1 is 1.24 bits per heavy atom. The average molecular weight is 428 g/mol. The molecule has 1 unspecified atom stereocenters. The molecule has 0 saturated carbocycles. The van der Waals surface area contributed by atoms with Crippen molar-refractivity contribution in [3.05, 3.63) is 76.5 Å². The van der Waals surface area contributed by atoms with Crippen LogP contribution < -0.4 is 10.2 Å². The van der Waals surface area contributed by atoms with E-state index in [1.165, 1.54) is 18.4 Å². The quantitative estimate of drug-likeness (QED) is 0.657. The van der Waals surface area contributed by atoms with Gasteiger partial charge in [0.1, 0.15) is 18.6 Å². The van der Waals surface area contributed by atoms with Crippen LogP contribution in [0.15, 0.2) is 54.8 Å². The number of nitrogens with one attached hydrogen (secondary N) is 1. The lowest BCUT2D eigenvalue weighted by molar-refractivity contribution is -0.138. The molecular weight excluding hydrogens is 411 g/mol. The first-order chi connectivity index (χ1) is 13.7. The summed E-state index contributed by atoms with van der Waals surface area (Å²) in [5, 5.41) is 8.80. The van der Waals surface area contributed by atoms with Gasteiger partial charge in [0, 0.05) is 5.92 Å². The zero-order valence-electron chi connectivity index (χ0n) is 14.9. The zero-order valence-corrected chi connectivity index (χ0v) is 15.7. The SMILES string of the molecule is O=C(O)C[C@@H](c1ccc(OCc2ccc(Cl)c(C(F)(F)F)c2)cc1)C1C=CON1. The lowest BCUT2D eigenvalue weighted by atomic mass is 9.89. The lowest BCUT2D eigenvalue weighted by Crippen LogP contribution is -2.29. The van der Waals surface area contributed by atoms with Crippen molar-refractivity contribution in [1.29, 1.82) is 0 Å². The minimum atomic E-state index is -4.54. The highest BCUT2D eigenvalue weighted by Crippen LogP contribution is 2.35. The largest absolute Gasteiger partial charge is 0.489 e. The first-order valence-corrected chi connectivity index (χ1v) is 9.00. The van der Waals surface area contributed by atoms with Gasteiger partial charge in [-0.25, -0.2) is 0 Å². The zero-order chi connectivity index (χ0) is 21.0. The average Bonchev–Trinajstić information content (AvgIpc) is 3.19. The highest BCUT2D eigenvalue weighted by Gasteiger charge is 2.33. The number of rotatable bonds is 7. The van der Waals surface area contributed by atoms with Crippen LogP contribution >= 0.6 is 11.6 Å². The van der Waals surface area contributed by atoms with E-state index in [1.807, 2.05) is 0 Å². The van der Waals surface area contributed by atoms with Gasteiger partial charge >= 0.3 is 12.1 Å². The fourth-order valence-electron chi connectivity index (χ4n) is 2.99. The van der Waals surface area contributed by atoms with Crippen molar-refractivity contribution in [1.82, 2.24) is 5.48 Å². The molecule has 0 spiro atoms. The molecule has 0 bridgehead atoms. The molecule has 29 heavy (non-hydrogen) atoms. The number of alkyl halides is 3. The molecule has 2 atom stereocenters. The Bertz CT molecular complexity index is 900. The van der Waals surface area contributed by atoms with Crippen LogP contribution in [0, 0.1) is 0 Å². The number of carboxylic acids is 1. The van der Waals surface area contributed by atoms with Gasteiger partial charge in [-0.3, -0.25) is 4.79 Å². The number of hydroxylamine groups is 1. The normalized spacial score (nSPS) is 17.0. The summed E-state index contributed by atoms with van der Waals surface area (Å²) < 4.78 is 44.4. The smallest absolute Gasteiger partial charge is 0.417 e. The summed E-state index contributed by atoms with van der Waals surface area (Å²) in [5.41, 5.74) is 2.91. The lowest BCUT2D eigenvalue weighted by Gasteiger charge is -2.20. The van der Waals surface area contributed by atoms with Crippen LogP contribution in [0.4, 0.5) is 13.2 Å². The standard InChI is InChI=1S/C20H17ClF3NO4/c21-17-6-1-12(9-16(17)20(22,23)24)11-28-14-4-2-13(3-5-14)15(10-19(26)27)18-7-8-29-25-18/h1-9,15,18,25H,10-11H2,(H,26,27)/t15-,18?/m0/s1. The van der Waals surface area contributed by atoms with Crippen molar-refractivity contribution in [3.63, 3.8) is 0 Å². The summed E-state index contributed by atoms with van der Waals surface area (Å²) in [7, 11) is 0. The third-order valence-corrected chi connectivity index (χ3v) is 4.77. The van der Waals surface area contributed by atoms with E-state index in [4.69, 9.17) is 26.3 Å². The number of carboxylic acid groups (broad SMARTS) is 1. The van der Waals surface area contributed by atoms with Crippen molar-refractivity contribution in [2.24, 2.45) is 0 Å². The molecule has 2 aromatic carbocycles.